The smallest absolute Gasteiger partial charge is 0.264 e. The molecule has 0 N–H and O–H groups in total. The first kappa shape index (κ1) is 20.5. The van der Waals surface area contributed by atoms with Crippen LogP contribution in [0, 0.1) is 17.2 Å². The van der Waals surface area contributed by atoms with Crippen molar-refractivity contribution >= 4 is 17.7 Å². The maximum Gasteiger partial charge on any atom is 0.264 e. The second kappa shape index (κ2) is 9.79. The van der Waals surface area contributed by atoms with Gasteiger partial charge in [-0.05, 0) is 41.8 Å². The molecule has 0 atom stereocenters. The molecule has 1 heterocycles. The van der Waals surface area contributed by atoms with Gasteiger partial charge in [-0.2, -0.15) is 5.26 Å². The third-order valence-electron chi connectivity index (χ3n) is 4.81. The SMILES string of the molecule is CC(C)COc1ccc(/C=C(/C#N)C(=O)N2CCN(c3ccccc3)CC2)cc1. The van der Waals surface area contributed by atoms with Crippen LogP contribution in [0.4, 0.5) is 5.69 Å². The lowest BCUT2D eigenvalue weighted by atomic mass is 10.1. The Balaban J connectivity index is 1.61. The fourth-order valence-electron chi connectivity index (χ4n) is 3.21. The van der Waals surface area contributed by atoms with Crippen molar-refractivity contribution in [3.63, 3.8) is 0 Å². The monoisotopic (exact) mass is 389 g/mol. The van der Waals surface area contributed by atoms with E-state index in [1.54, 1.807) is 11.0 Å². The van der Waals surface area contributed by atoms with Gasteiger partial charge in [0, 0.05) is 31.9 Å². The number of rotatable bonds is 6. The summed E-state index contributed by atoms with van der Waals surface area (Å²) in [5.41, 5.74) is 2.14. The molecule has 0 unspecified atom stereocenters. The third kappa shape index (κ3) is 5.61. The van der Waals surface area contributed by atoms with E-state index in [4.69, 9.17) is 4.74 Å². The molecular weight excluding hydrogens is 362 g/mol. The van der Waals surface area contributed by atoms with Crippen molar-refractivity contribution < 1.29 is 9.53 Å². The molecule has 0 radical (unpaired) electrons. The molecule has 1 aliphatic heterocycles. The highest BCUT2D eigenvalue weighted by atomic mass is 16.5. The largest absolute Gasteiger partial charge is 0.493 e. The lowest BCUT2D eigenvalue weighted by Crippen LogP contribution is -2.49. The average molecular weight is 389 g/mol. The van der Waals surface area contributed by atoms with Crippen LogP contribution in [0.2, 0.25) is 0 Å². The maximum atomic E-state index is 12.8. The molecule has 150 valence electrons. The van der Waals surface area contributed by atoms with Gasteiger partial charge in [-0.15, -0.1) is 0 Å². The summed E-state index contributed by atoms with van der Waals surface area (Å²) in [6.45, 7) is 7.59. The Morgan fingerprint density at radius 2 is 1.72 bits per heavy atom. The highest BCUT2D eigenvalue weighted by molar-refractivity contribution is 6.01. The number of para-hydroxylation sites is 1. The number of piperazine rings is 1. The fraction of sp³-hybridized carbons (Fsp3) is 0.333. The van der Waals surface area contributed by atoms with Gasteiger partial charge < -0.3 is 14.5 Å². The Hall–Kier alpha value is -3.26. The van der Waals surface area contributed by atoms with Gasteiger partial charge in [0.05, 0.1) is 6.61 Å². The van der Waals surface area contributed by atoms with E-state index >= 15 is 0 Å². The second-order valence-electron chi connectivity index (χ2n) is 7.56. The average Bonchev–Trinajstić information content (AvgIpc) is 2.77. The predicted octanol–water partition coefficient (Wildman–Crippen LogP) is 3.98. The number of anilines is 1. The number of amides is 1. The Morgan fingerprint density at radius 3 is 2.31 bits per heavy atom. The first-order valence-corrected chi connectivity index (χ1v) is 10.0. The van der Waals surface area contributed by atoms with E-state index < -0.39 is 0 Å². The number of nitriles is 1. The Labute approximate surface area is 172 Å². The minimum absolute atomic E-state index is 0.161. The van der Waals surface area contributed by atoms with E-state index in [0.717, 1.165) is 30.1 Å². The van der Waals surface area contributed by atoms with Gasteiger partial charge in [0.2, 0.25) is 0 Å². The minimum atomic E-state index is -0.208. The summed E-state index contributed by atoms with van der Waals surface area (Å²) in [7, 11) is 0. The summed E-state index contributed by atoms with van der Waals surface area (Å²) in [5.74, 6) is 1.04. The molecule has 2 aromatic carbocycles. The van der Waals surface area contributed by atoms with Crippen molar-refractivity contribution in [3.05, 3.63) is 65.7 Å². The number of hydrogen-bond donors (Lipinski definition) is 0. The highest BCUT2D eigenvalue weighted by Gasteiger charge is 2.23. The quantitative estimate of drug-likeness (QED) is 0.554. The predicted molar refractivity (Wildman–Crippen MR) is 116 cm³/mol. The second-order valence-corrected chi connectivity index (χ2v) is 7.56. The maximum absolute atomic E-state index is 12.8. The molecule has 1 saturated heterocycles. The van der Waals surface area contributed by atoms with Crippen molar-refractivity contribution in [1.29, 1.82) is 5.26 Å². The van der Waals surface area contributed by atoms with Crippen LogP contribution in [0.15, 0.2) is 60.2 Å². The van der Waals surface area contributed by atoms with Crippen molar-refractivity contribution in [2.45, 2.75) is 13.8 Å². The molecule has 0 aromatic heterocycles. The Kier molecular flexibility index (Phi) is 6.91. The summed E-state index contributed by atoms with van der Waals surface area (Å²) < 4.78 is 5.68. The zero-order chi connectivity index (χ0) is 20.6. The normalized spacial score (nSPS) is 14.6. The first-order chi connectivity index (χ1) is 14.1. The van der Waals surface area contributed by atoms with Gasteiger partial charge in [0.25, 0.3) is 5.91 Å². The van der Waals surface area contributed by atoms with E-state index in [2.05, 4.69) is 36.9 Å². The van der Waals surface area contributed by atoms with Gasteiger partial charge >= 0.3 is 0 Å². The fourth-order valence-corrected chi connectivity index (χ4v) is 3.21. The molecule has 1 amide bonds. The van der Waals surface area contributed by atoms with Gasteiger partial charge in [-0.1, -0.05) is 44.2 Å². The Bertz CT molecular complexity index is 875. The summed E-state index contributed by atoms with van der Waals surface area (Å²) >= 11 is 0. The van der Waals surface area contributed by atoms with Gasteiger partial charge in [0.15, 0.2) is 0 Å². The Morgan fingerprint density at radius 1 is 1.07 bits per heavy atom. The molecule has 2 aromatic rings. The number of carbonyl (C=O) groups is 1. The van der Waals surface area contributed by atoms with Crippen LogP contribution in [0.3, 0.4) is 0 Å². The van der Waals surface area contributed by atoms with E-state index in [1.807, 2.05) is 42.5 Å². The molecule has 3 rings (SSSR count). The lowest BCUT2D eigenvalue weighted by Gasteiger charge is -2.36. The number of benzene rings is 2. The molecule has 0 aliphatic carbocycles. The summed E-state index contributed by atoms with van der Waals surface area (Å²) in [5, 5.41) is 9.52. The van der Waals surface area contributed by atoms with Crippen LogP contribution in [-0.2, 0) is 4.79 Å². The van der Waals surface area contributed by atoms with Crippen molar-refractivity contribution in [3.8, 4) is 11.8 Å². The van der Waals surface area contributed by atoms with Crippen LogP contribution in [0.1, 0.15) is 19.4 Å². The summed E-state index contributed by atoms with van der Waals surface area (Å²) in [6.07, 6.45) is 1.65. The molecule has 1 fully saturated rings. The molecule has 0 spiro atoms. The molecule has 0 saturated carbocycles. The third-order valence-corrected chi connectivity index (χ3v) is 4.81. The van der Waals surface area contributed by atoms with E-state index in [-0.39, 0.29) is 11.5 Å². The standard InChI is InChI=1S/C24H27N3O2/c1-19(2)18-29-23-10-8-20(9-11-23)16-21(17-25)24(28)27-14-12-26(13-15-27)22-6-4-3-5-7-22/h3-11,16,19H,12-15,18H2,1-2H3/b21-16-. The molecular formula is C24H27N3O2. The summed E-state index contributed by atoms with van der Waals surface area (Å²) in [6, 6.07) is 19.7. The van der Waals surface area contributed by atoms with Crippen LogP contribution < -0.4 is 9.64 Å². The van der Waals surface area contributed by atoms with Crippen molar-refractivity contribution in [1.82, 2.24) is 4.90 Å². The first-order valence-electron chi connectivity index (χ1n) is 10.0. The van der Waals surface area contributed by atoms with Crippen LogP contribution in [0.5, 0.6) is 5.75 Å². The molecule has 1 aliphatic rings. The molecule has 5 nitrogen and oxygen atoms in total. The highest BCUT2D eigenvalue weighted by Crippen LogP contribution is 2.19. The van der Waals surface area contributed by atoms with Crippen LogP contribution >= 0.6 is 0 Å². The summed E-state index contributed by atoms with van der Waals surface area (Å²) in [4.78, 5) is 16.8. The number of nitrogens with zero attached hydrogens (tertiary/aromatic N) is 3. The van der Waals surface area contributed by atoms with E-state index in [1.165, 1.54) is 0 Å². The number of hydrogen-bond acceptors (Lipinski definition) is 4. The zero-order valence-electron chi connectivity index (χ0n) is 17.0. The van der Waals surface area contributed by atoms with E-state index in [9.17, 15) is 10.1 Å². The van der Waals surface area contributed by atoms with Gasteiger partial charge in [-0.3, -0.25) is 4.79 Å². The van der Waals surface area contributed by atoms with Crippen LogP contribution in [0.25, 0.3) is 6.08 Å². The van der Waals surface area contributed by atoms with E-state index in [0.29, 0.717) is 25.6 Å². The van der Waals surface area contributed by atoms with Crippen molar-refractivity contribution in [2.75, 3.05) is 37.7 Å². The molecule has 0 bridgehead atoms. The molecule has 29 heavy (non-hydrogen) atoms. The molecule has 5 heteroatoms. The number of ether oxygens (including phenoxy) is 1. The van der Waals surface area contributed by atoms with Crippen LogP contribution in [-0.4, -0.2) is 43.6 Å². The van der Waals surface area contributed by atoms with Crippen molar-refractivity contribution in [2.24, 2.45) is 5.92 Å². The van der Waals surface area contributed by atoms with Gasteiger partial charge in [-0.25, -0.2) is 0 Å². The lowest BCUT2D eigenvalue weighted by molar-refractivity contribution is -0.126. The topological polar surface area (TPSA) is 56.6 Å². The zero-order valence-corrected chi connectivity index (χ0v) is 17.0. The minimum Gasteiger partial charge on any atom is -0.493 e. The van der Waals surface area contributed by atoms with Gasteiger partial charge in [0.1, 0.15) is 17.4 Å². The number of carbonyl (C=O) groups excluding carboxylic acids is 1.